The molecule has 1 atom stereocenters. The van der Waals surface area contributed by atoms with Gasteiger partial charge in [-0.25, -0.2) is 4.39 Å². The van der Waals surface area contributed by atoms with Crippen molar-refractivity contribution < 1.29 is 13.4 Å². The molecule has 2 rings (SSSR count). The average molecular weight is 311 g/mol. The summed E-state index contributed by atoms with van der Waals surface area (Å²) < 4.78 is 25.5. The van der Waals surface area contributed by atoms with Crippen LogP contribution in [0.5, 0.6) is 0 Å². The van der Waals surface area contributed by atoms with E-state index in [-0.39, 0.29) is 18.0 Å². The smallest absolute Gasteiger partial charge is 0.150 e. The lowest BCUT2D eigenvalue weighted by molar-refractivity contribution is -0.116. The van der Waals surface area contributed by atoms with E-state index in [4.69, 9.17) is 11.6 Å². The summed E-state index contributed by atoms with van der Waals surface area (Å²) in [5.74, 6) is -0.879. The van der Waals surface area contributed by atoms with Crippen molar-refractivity contribution in [3.8, 4) is 0 Å². The third kappa shape index (κ3) is 3.74. The van der Waals surface area contributed by atoms with Crippen molar-refractivity contribution in [2.75, 3.05) is 5.75 Å². The molecule has 2 aromatic carbocycles. The number of hydrogen-bond donors (Lipinski definition) is 0. The maximum Gasteiger partial charge on any atom is 0.150 e. The van der Waals surface area contributed by atoms with Crippen LogP contribution >= 0.6 is 11.6 Å². The number of Topliss-reactive ketones (excluding diaryl/α,β-unsaturated/α-hetero) is 1. The molecule has 0 aliphatic rings. The fourth-order valence-corrected chi connectivity index (χ4v) is 3.22. The molecule has 5 heteroatoms. The van der Waals surface area contributed by atoms with E-state index in [2.05, 4.69) is 0 Å². The summed E-state index contributed by atoms with van der Waals surface area (Å²) in [7, 11) is -1.51. The van der Waals surface area contributed by atoms with Crippen LogP contribution in [0.4, 0.5) is 4.39 Å². The third-order valence-corrected chi connectivity index (χ3v) is 4.59. The molecule has 104 valence electrons. The molecule has 2 nitrogen and oxygen atoms in total. The molecule has 0 bridgehead atoms. The molecule has 0 N–H and O–H groups in total. The normalized spacial score (nSPS) is 12.1. The highest BCUT2D eigenvalue weighted by molar-refractivity contribution is 7.85. The number of carbonyl (C=O) groups is 1. The Morgan fingerprint density at radius 3 is 2.45 bits per heavy atom. The monoisotopic (exact) mass is 310 g/mol. The Labute approximate surface area is 124 Å². The summed E-state index contributed by atoms with van der Waals surface area (Å²) in [6.45, 7) is 0. The third-order valence-electron chi connectivity index (χ3n) is 2.72. The highest BCUT2D eigenvalue weighted by Gasteiger charge is 2.14. The maximum absolute atomic E-state index is 13.4. The molecular formula is C15H12ClFO2S. The summed E-state index contributed by atoms with van der Waals surface area (Å²) in [5.41, 5.74) is 0.314. The largest absolute Gasteiger partial charge is 0.298 e. The first-order chi connectivity index (χ1) is 9.58. The van der Waals surface area contributed by atoms with Gasteiger partial charge in [0.25, 0.3) is 0 Å². The molecule has 0 saturated heterocycles. The Kier molecular flexibility index (Phi) is 5.04. The van der Waals surface area contributed by atoms with Crippen LogP contribution in [-0.4, -0.2) is 15.7 Å². The molecule has 20 heavy (non-hydrogen) atoms. The van der Waals surface area contributed by atoms with Crippen LogP contribution in [0.15, 0.2) is 53.4 Å². The number of halogens is 2. The lowest BCUT2D eigenvalue weighted by Gasteiger charge is -2.05. The first-order valence-electron chi connectivity index (χ1n) is 5.96. The Morgan fingerprint density at radius 1 is 1.10 bits per heavy atom. The van der Waals surface area contributed by atoms with Gasteiger partial charge in [0.2, 0.25) is 0 Å². The van der Waals surface area contributed by atoms with Gasteiger partial charge in [0.15, 0.2) is 0 Å². The second-order valence-corrected chi connectivity index (χ2v) is 6.05. The van der Waals surface area contributed by atoms with Crippen LogP contribution in [-0.2, 0) is 22.0 Å². The van der Waals surface area contributed by atoms with E-state index in [9.17, 15) is 13.4 Å². The molecule has 2 aromatic rings. The van der Waals surface area contributed by atoms with Crippen molar-refractivity contribution in [2.45, 2.75) is 11.3 Å². The minimum Gasteiger partial charge on any atom is -0.298 e. The van der Waals surface area contributed by atoms with E-state index in [1.165, 1.54) is 6.07 Å². The van der Waals surface area contributed by atoms with E-state index in [0.29, 0.717) is 15.5 Å². The minimum atomic E-state index is -1.51. The molecule has 0 saturated carbocycles. The molecule has 0 aliphatic carbocycles. The fourth-order valence-electron chi connectivity index (χ4n) is 1.76. The molecule has 0 aromatic heterocycles. The van der Waals surface area contributed by atoms with Crippen molar-refractivity contribution in [3.05, 3.63) is 64.9 Å². The van der Waals surface area contributed by atoms with E-state index >= 15 is 0 Å². The lowest BCUT2D eigenvalue weighted by Crippen LogP contribution is -2.14. The Balaban J connectivity index is 2.04. The van der Waals surface area contributed by atoms with E-state index < -0.39 is 16.6 Å². The number of benzene rings is 2. The maximum atomic E-state index is 13.4. The topological polar surface area (TPSA) is 34.1 Å². The number of rotatable bonds is 5. The van der Waals surface area contributed by atoms with Gasteiger partial charge < -0.3 is 0 Å². The predicted molar refractivity (Wildman–Crippen MR) is 77.8 cm³/mol. The van der Waals surface area contributed by atoms with E-state index in [1.807, 2.05) is 0 Å². The quantitative estimate of drug-likeness (QED) is 0.848. The van der Waals surface area contributed by atoms with Gasteiger partial charge in [-0.05, 0) is 23.8 Å². The van der Waals surface area contributed by atoms with Gasteiger partial charge in [-0.3, -0.25) is 9.00 Å². The summed E-state index contributed by atoms with van der Waals surface area (Å²) in [5, 5.41) is 0.365. The number of carbonyl (C=O) groups excluding carboxylic acids is 1. The Bertz CT molecular complexity index is 658. The first-order valence-corrected chi connectivity index (χ1v) is 7.65. The van der Waals surface area contributed by atoms with Gasteiger partial charge in [0.05, 0.1) is 26.5 Å². The van der Waals surface area contributed by atoms with E-state index in [1.54, 1.807) is 42.5 Å². The van der Waals surface area contributed by atoms with Crippen molar-refractivity contribution >= 4 is 28.2 Å². The van der Waals surface area contributed by atoms with Gasteiger partial charge in [0, 0.05) is 6.42 Å². The van der Waals surface area contributed by atoms with E-state index in [0.717, 1.165) is 0 Å². The summed E-state index contributed by atoms with van der Waals surface area (Å²) >= 11 is 5.92. The molecule has 0 amide bonds. The van der Waals surface area contributed by atoms with Gasteiger partial charge in [-0.1, -0.05) is 41.9 Å². The van der Waals surface area contributed by atoms with Crippen LogP contribution in [0.25, 0.3) is 0 Å². The van der Waals surface area contributed by atoms with Gasteiger partial charge in [-0.15, -0.1) is 0 Å². The fraction of sp³-hybridized carbons (Fsp3) is 0.133. The zero-order valence-corrected chi connectivity index (χ0v) is 12.1. The molecule has 0 heterocycles. The van der Waals surface area contributed by atoms with Crippen LogP contribution < -0.4 is 0 Å². The van der Waals surface area contributed by atoms with Crippen LogP contribution in [0.3, 0.4) is 0 Å². The summed E-state index contributed by atoms with van der Waals surface area (Å²) in [6, 6.07) is 12.7. The molecule has 0 fully saturated rings. The second-order valence-electron chi connectivity index (χ2n) is 4.23. The summed E-state index contributed by atoms with van der Waals surface area (Å²) in [6.07, 6.45) is -0.0666. The van der Waals surface area contributed by atoms with Crippen molar-refractivity contribution in [3.63, 3.8) is 0 Å². The Hall–Kier alpha value is -1.52. The van der Waals surface area contributed by atoms with Crippen molar-refractivity contribution in [1.82, 2.24) is 0 Å². The zero-order chi connectivity index (χ0) is 14.5. The minimum absolute atomic E-state index is 0.0666. The molecular weight excluding hydrogens is 299 g/mol. The van der Waals surface area contributed by atoms with Crippen molar-refractivity contribution in [2.24, 2.45) is 0 Å². The Morgan fingerprint density at radius 2 is 1.75 bits per heavy atom. The van der Waals surface area contributed by atoms with Crippen LogP contribution in [0, 0.1) is 5.82 Å². The highest BCUT2D eigenvalue weighted by Crippen LogP contribution is 2.19. The second kappa shape index (κ2) is 6.77. The van der Waals surface area contributed by atoms with Crippen LogP contribution in [0.2, 0.25) is 5.02 Å². The van der Waals surface area contributed by atoms with Crippen molar-refractivity contribution in [1.29, 1.82) is 0 Å². The molecule has 0 aliphatic heterocycles. The average Bonchev–Trinajstić information content (AvgIpc) is 2.41. The standard InChI is InChI=1S/C15H12ClFO2S/c16-13-6-2-4-8-15(13)20(19)10-12(18)9-11-5-1-3-7-14(11)17/h1-8H,9-10H2. The number of ketones is 1. The highest BCUT2D eigenvalue weighted by atomic mass is 35.5. The zero-order valence-electron chi connectivity index (χ0n) is 10.5. The SMILES string of the molecule is O=C(Cc1ccccc1F)CS(=O)c1ccccc1Cl. The summed E-state index contributed by atoms with van der Waals surface area (Å²) in [4.78, 5) is 12.3. The van der Waals surface area contributed by atoms with Crippen LogP contribution in [0.1, 0.15) is 5.56 Å². The van der Waals surface area contributed by atoms with Gasteiger partial charge in [-0.2, -0.15) is 0 Å². The lowest BCUT2D eigenvalue weighted by atomic mass is 10.1. The predicted octanol–water partition coefficient (Wildman–Crippen LogP) is 3.40. The van der Waals surface area contributed by atoms with Gasteiger partial charge in [0.1, 0.15) is 11.6 Å². The molecule has 0 spiro atoms. The van der Waals surface area contributed by atoms with Gasteiger partial charge >= 0.3 is 0 Å². The molecule has 1 unspecified atom stereocenters. The number of hydrogen-bond acceptors (Lipinski definition) is 2. The first kappa shape index (κ1) is 14.9. The molecule has 0 radical (unpaired) electrons.